The minimum Gasteiger partial charge on any atom is -0.480 e. The minimum atomic E-state index is -1.03. The van der Waals surface area contributed by atoms with Gasteiger partial charge in [0.1, 0.15) is 12.6 Å². The van der Waals surface area contributed by atoms with Crippen LogP contribution in [-0.2, 0) is 19.1 Å². The lowest BCUT2D eigenvalue weighted by Crippen LogP contribution is -2.28. The SMILES string of the molecule is CC/C=C\C/C=C\C/C=C\C(CCCCCCC(=O)NCC(=O)O)OC(=O)CCCCCCCCC/C=C\C/C=C\CCCCCC. The molecular weight excluding hydrogens is 586 g/mol. The number of allylic oxidation sites excluding steroid dienone is 9. The molecule has 0 aromatic carbocycles. The summed E-state index contributed by atoms with van der Waals surface area (Å²) in [5.41, 5.74) is 0. The van der Waals surface area contributed by atoms with Crippen molar-refractivity contribution in [1.82, 2.24) is 5.32 Å². The highest BCUT2D eigenvalue weighted by atomic mass is 16.5. The Morgan fingerprint density at radius 1 is 0.596 bits per heavy atom. The highest BCUT2D eigenvalue weighted by molar-refractivity contribution is 5.80. The number of aliphatic carboxylic acids is 1. The first-order valence-electron chi connectivity index (χ1n) is 18.9. The van der Waals surface area contributed by atoms with E-state index in [0.29, 0.717) is 12.8 Å². The zero-order chi connectivity index (χ0) is 34.5. The van der Waals surface area contributed by atoms with E-state index in [1.807, 2.05) is 6.08 Å². The number of hydrogen-bond donors (Lipinski definition) is 2. The largest absolute Gasteiger partial charge is 0.480 e. The van der Waals surface area contributed by atoms with Crippen molar-refractivity contribution < 1.29 is 24.2 Å². The van der Waals surface area contributed by atoms with Crippen molar-refractivity contribution >= 4 is 17.8 Å². The van der Waals surface area contributed by atoms with Crippen LogP contribution in [0.2, 0.25) is 0 Å². The second-order valence-electron chi connectivity index (χ2n) is 12.4. The summed E-state index contributed by atoms with van der Waals surface area (Å²) in [6.07, 6.45) is 46.4. The van der Waals surface area contributed by atoms with Crippen LogP contribution in [0.5, 0.6) is 0 Å². The fraction of sp³-hybridized carbons (Fsp3) is 0.683. The lowest BCUT2D eigenvalue weighted by molar-refractivity contribution is -0.147. The van der Waals surface area contributed by atoms with E-state index in [4.69, 9.17) is 9.84 Å². The molecule has 268 valence electrons. The number of amides is 1. The monoisotopic (exact) mass is 656 g/mol. The van der Waals surface area contributed by atoms with Crippen molar-refractivity contribution in [2.75, 3.05) is 6.54 Å². The standard InChI is InChI=1S/C41H69NO5/c1-3-5-7-9-11-13-14-15-16-17-18-19-20-21-22-24-26-32-36-41(46)47-38(33-29-25-23-12-10-8-6-4-2)34-30-27-28-31-35-39(43)42-37-40(44)45/h6,8,12-14,16-17,23,29,33,38H,3-5,7,9-11,15,18-22,24-28,30-32,34-37H2,1-2H3,(H,42,43)(H,44,45)/b8-6-,14-13-,17-16-,23-12-,33-29-. The van der Waals surface area contributed by atoms with Crippen LogP contribution in [0.4, 0.5) is 0 Å². The number of carbonyl (C=O) groups excluding carboxylic acids is 2. The van der Waals surface area contributed by atoms with E-state index in [1.54, 1.807) is 0 Å². The van der Waals surface area contributed by atoms with Crippen LogP contribution in [0.25, 0.3) is 0 Å². The molecule has 0 spiro atoms. The van der Waals surface area contributed by atoms with Crippen LogP contribution in [0.15, 0.2) is 60.8 Å². The Morgan fingerprint density at radius 3 is 1.72 bits per heavy atom. The molecule has 2 N–H and O–H groups in total. The maximum atomic E-state index is 12.6. The number of nitrogens with one attached hydrogen (secondary N) is 1. The first-order chi connectivity index (χ1) is 23.0. The minimum absolute atomic E-state index is 0.117. The highest BCUT2D eigenvalue weighted by Gasteiger charge is 2.11. The lowest BCUT2D eigenvalue weighted by atomic mass is 10.1. The molecule has 0 aliphatic heterocycles. The average Bonchev–Trinajstić information content (AvgIpc) is 3.05. The van der Waals surface area contributed by atoms with Gasteiger partial charge < -0.3 is 15.2 Å². The summed E-state index contributed by atoms with van der Waals surface area (Å²) < 4.78 is 5.85. The number of unbranched alkanes of at least 4 members (excludes halogenated alkanes) is 14. The summed E-state index contributed by atoms with van der Waals surface area (Å²) in [4.78, 5) is 34.8. The van der Waals surface area contributed by atoms with E-state index in [0.717, 1.165) is 70.6 Å². The maximum Gasteiger partial charge on any atom is 0.322 e. The number of carboxylic acids is 1. The van der Waals surface area contributed by atoms with Gasteiger partial charge in [-0.15, -0.1) is 0 Å². The van der Waals surface area contributed by atoms with Crippen LogP contribution >= 0.6 is 0 Å². The third kappa shape index (κ3) is 35.8. The van der Waals surface area contributed by atoms with Crippen molar-refractivity contribution in [3.05, 3.63) is 60.8 Å². The summed E-state index contributed by atoms with van der Waals surface area (Å²) in [7, 11) is 0. The van der Waals surface area contributed by atoms with Crippen molar-refractivity contribution in [2.45, 2.75) is 174 Å². The van der Waals surface area contributed by atoms with Crippen LogP contribution in [0, 0.1) is 0 Å². The molecule has 0 saturated heterocycles. The van der Waals surface area contributed by atoms with Gasteiger partial charge >= 0.3 is 11.9 Å². The Labute approximate surface area is 288 Å². The van der Waals surface area contributed by atoms with Gasteiger partial charge in [-0.2, -0.15) is 0 Å². The van der Waals surface area contributed by atoms with Crippen molar-refractivity contribution in [3.63, 3.8) is 0 Å². The van der Waals surface area contributed by atoms with Gasteiger partial charge in [-0.3, -0.25) is 14.4 Å². The van der Waals surface area contributed by atoms with E-state index in [1.165, 1.54) is 70.6 Å². The highest BCUT2D eigenvalue weighted by Crippen LogP contribution is 2.15. The molecule has 0 radical (unpaired) electrons. The molecule has 0 aliphatic carbocycles. The van der Waals surface area contributed by atoms with Crippen LogP contribution in [-0.4, -0.2) is 35.6 Å². The van der Waals surface area contributed by atoms with Gasteiger partial charge in [0.15, 0.2) is 0 Å². The zero-order valence-electron chi connectivity index (χ0n) is 30.1. The van der Waals surface area contributed by atoms with Gasteiger partial charge in [-0.25, -0.2) is 0 Å². The zero-order valence-corrected chi connectivity index (χ0v) is 30.1. The topological polar surface area (TPSA) is 92.7 Å². The quantitative estimate of drug-likeness (QED) is 0.0417. The molecule has 0 aromatic heterocycles. The first kappa shape index (κ1) is 44.1. The molecular formula is C41H69NO5. The number of ether oxygens (including phenoxy) is 1. The van der Waals surface area contributed by atoms with Gasteiger partial charge in [0.25, 0.3) is 0 Å². The van der Waals surface area contributed by atoms with Crippen LogP contribution in [0.3, 0.4) is 0 Å². The second kappa shape index (κ2) is 36.0. The summed E-state index contributed by atoms with van der Waals surface area (Å²) in [5.74, 6) is -1.38. The molecule has 0 saturated carbocycles. The molecule has 6 nitrogen and oxygen atoms in total. The van der Waals surface area contributed by atoms with Gasteiger partial charge in [0, 0.05) is 12.8 Å². The first-order valence-corrected chi connectivity index (χ1v) is 18.9. The van der Waals surface area contributed by atoms with E-state index < -0.39 is 5.97 Å². The van der Waals surface area contributed by atoms with E-state index in [-0.39, 0.29) is 24.5 Å². The molecule has 1 atom stereocenters. The number of carbonyl (C=O) groups is 3. The number of rotatable bonds is 33. The van der Waals surface area contributed by atoms with Gasteiger partial charge in [0.2, 0.25) is 5.91 Å². The Hall–Kier alpha value is -2.89. The number of hydrogen-bond acceptors (Lipinski definition) is 4. The normalized spacial score (nSPS) is 12.7. The Kier molecular flexibility index (Phi) is 33.7. The number of carboxylic acid groups (broad SMARTS) is 1. The summed E-state index contributed by atoms with van der Waals surface area (Å²) >= 11 is 0. The summed E-state index contributed by atoms with van der Waals surface area (Å²) in [6.45, 7) is 4.05. The predicted molar refractivity (Wildman–Crippen MR) is 198 cm³/mol. The third-order valence-electron chi connectivity index (χ3n) is 7.91. The van der Waals surface area contributed by atoms with Gasteiger partial charge in [-0.1, -0.05) is 133 Å². The van der Waals surface area contributed by atoms with Gasteiger partial charge in [0.05, 0.1) is 0 Å². The van der Waals surface area contributed by atoms with E-state index in [9.17, 15) is 14.4 Å². The Bertz CT molecular complexity index is 902. The Balaban J connectivity index is 4.16. The van der Waals surface area contributed by atoms with E-state index in [2.05, 4.69) is 73.8 Å². The smallest absolute Gasteiger partial charge is 0.322 e. The summed E-state index contributed by atoms with van der Waals surface area (Å²) in [5, 5.41) is 11.0. The molecule has 0 fully saturated rings. The summed E-state index contributed by atoms with van der Waals surface area (Å²) in [6, 6.07) is 0. The van der Waals surface area contributed by atoms with Crippen molar-refractivity contribution in [1.29, 1.82) is 0 Å². The number of esters is 1. The molecule has 1 amide bonds. The Morgan fingerprint density at radius 2 is 1.11 bits per heavy atom. The molecule has 0 aliphatic rings. The van der Waals surface area contributed by atoms with Crippen molar-refractivity contribution in [3.8, 4) is 0 Å². The molecule has 0 bridgehead atoms. The predicted octanol–water partition coefficient (Wildman–Crippen LogP) is 11.3. The third-order valence-corrected chi connectivity index (χ3v) is 7.91. The lowest BCUT2D eigenvalue weighted by Gasteiger charge is -2.14. The maximum absolute atomic E-state index is 12.6. The van der Waals surface area contributed by atoms with Crippen molar-refractivity contribution in [2.24, 2.45) is 0 Å². The fourth-order valence-corrected chi connectivity index (χ4v) is 5.12. The molecule has 6 heteroatoms. The van der Waals surface area contributed by atoms with E-state index >= 15 is 0 Å². The molecule has 47 heavy (non-hydrogen) atoms. The van der Waals surface area contributed by atoms with Crippen LogP contribution < -0.4 is 5.32 Å². The molecule has 0 rings (SSSR count). The second-order valence-corrected chi connectivity index (χ2v) is 12.4. The molecule has 0 heterocycles. The van der Waals surface area contributed by atoms with Gasteiger partial charge in [-0.05, 0) is 83.1 Å². The fourth-order valence-electron chi connectivity index (χ4n) is 5.12. The van der Waals surface area contributed by atoms with Crippen LogP contribution in [0.1, 0.15) is 168 Å². The average molecular weight is 656 g/mol. The molecule has 1 unspecified atom stereocenters. The molecule has 0 aromatic rings.